The number of amides is 3. The molecule has 1 fully saturated rings. The summed E-state index contributed by atoms with van der Waals surface area (Å²) in [4.78, 5) is 30.8. The third-order valence-corrected chi connectivity index (χ3v) is 6.79. The lowest BCUT2D eigenvalue weighted by Crippen LogP contribution is -2.44. The number of halogens is 1. The van der Waals surface area contributed by atoms with Crippen LogP contribution in [0.25, 0.3) is 16.9 Å². The van der Waals surface area contributed by atoms with E-state index in [1.54, 1.807) is 30.7 Å². The zero-order valence-electron chi connectivity index (χ0n) is 22.4. The van der Waals surface area contributed by atoms with E-state index >= 15 is 0 Å². The third-order valence-electron chi connectivity index (χ3n) is 6.79. The number of alkyl halides is 1. The molecule has 0 saturated heterocycles. The van der Waals surface area contributed by atoms with Crippen LogP contribution in [0.2, 0.25) is 0 Å². The Balaban J connectivity index is 1.55. The molecule has 1 atom stereocenters. The highest BCUT2D eigenvalue weighted by atomic mass is 19.1. The van der Waals surface area contributed by atoms with Gasteiger partial charge in [-0.05, 0) is 56.9 Å². The fourth-order valence-corrected chi connectivity index (χ4v) is 4.31. The van der Waals surface area contributed by atoms with Gasteiger partial charge in [-0.2, -0.15) is 10.4 Å². The number of hydrogen-bond acceptors (Lipinski definition) is 7. The number of aliphatic hydroxyl groups is 1. The van der Waals surface area contributed by atoms with Gasteiger partial charge in [0.1, 0.15) is 12.2 Å². The monoisotopic (exact) mass is 536 g/mol. The average molecular weight is 537 g/mol. The van der Waals surface area contributed by atoms with Gasteiger partial charge >= 0.3 is 6.03 Å². The van der Waals surface area contributed by atoms with E-state index in [1.807, 2.05) is 12.1 Å². The number of nitriles is 1. The van der Waals surface area contributed by atoms with Gasteiger partial charge in [-0.15, -0.1) is 0 Å². The molecule has 0 bridgehead atoms. The van der Waals surface area contributed by atoms with Crippen molar-refractivity contribution in [3.05, 3.63) is 47.8 Å². The van der Waals surface area contributed by atoms with E-state index in [2.05, 4.69) is 32.1 Å². The quantitative estimate of drug-likeness (QED) is 0.329. The molecule has 3 amide bonds. The van der Waals surface area contributed by atoms with Crippen LogP contribution in [-0.4, -0.2) is 81.5 Å². The highest BCUT2D eigenvalue weighted by Gasteiger charge is 2.31. The van der Waals surface area contributed by atoms with Gasteiger partial charge in [0.15, 0.2) is 0 Å². The van der Waals surface area contributed by atoms with Crippen LogP contribution < -0.4 is 16.0 Å². The van der Waals surface area contributed by atoms with Crippen LogP contribution in [0, 0.1) is 17.2 Å². The Morgan fingerprint density at radius 1 is 1.26 bits per heavy atom. The number of nitrogens with one attached hydrogen (secondary N) is 3. The predicted octanol–water partition coefficient (Wildman–Crippen LogP) is 2.57. The first kappa shape index (κ1) is 27.8. The number of urea groups is 1. The number of pyridine rings is 1. The van der Waals surface area contributed by atoms with E-state index in [0.29, 0.717) is 35.1 Å². The summed E-state index contributed by atoms with van der Waals surface area (Å²) in [6.45, 7) is 2.90. The first-order valence-corrected chi connectivity index (χ1v) is 12.7. The highest BCUT2D eigenvalue weighted by molar-refractivity contribution is 6.00. The Morgan fingerprint density at radius 3 is 2.67 bits per heavy atom. The summed E-state index contributed by atoms with van der Waals surface area (Å²) in [5.41, 5.74) is 1.58. The van der Waals surface area contributed by atoms with Gasteiger partial charge in [-0.3, -0.25) is 9.78 Å². The molecule has 4 N–H and O–H groups in total. The number of fused-ring (bicyclic) bond motifs is 1. The van der Waals surface area contributed by atoms with Crippen LogP contribution in [0.3, 0.4) is 0 Å². The number of aromatic nitrogens is 3. The number of carbonyl (C=O) groups is 2. The molecule has 0 radical (unpaired) electrons. The summed E-state index contributed by atoms with van der Waals surface area (Å²) >= 11 is 0. The van der Waals surface area contributed by atoms with Gasteiger partial charge in [-0.25, -0.2) is 13.7 Å². The molecule has 0 aliphatic heterocycles. The smallest absolute Gasteiger partial charge is 0.316 e. The molecule has 3 aromatic heterocycles. The van der Waals surface area contributed by atoms with Gasteiger partial charge in [0.25, 0.3) is 5.91 Å². The molecule has 0 unspecified atom stereocenters. The van der Waals surface area contributed by atoms with Crippen LogP contribution >= 0.6 is 0 Å². The highest BCUT2D eigenvalue weighted by Crippen LogP contribution is 2.32. The Bertz CT molecular complexity index is 1400. The molecule has 1 aliphatic rings. The standard InChI is InChI=1S/C27H33FN8O3/c1-27(2,39)24(28)15-31-25(37)20-14-30-22(23-6-5-19-9-17(11-29)13-33-36(19)23)10-21(20)34-18-7-16(8-18)12-32-26(38)35(3)4/h5-6,9-10,13-14,16,18,24,39H,7-8,12,15H2,1-4H3,(H,30,34)(H,31,37)(H,32,38)/t16?,18?,24-/m1/s1. The molecule has 12 heteroatoms. The summed E-state index contributed by atoms with van der Waals surface area (Å²) in [6.07, 6.45) is 2.85. The van der Waals surface area contributed by atoms with E-state index in [0.717, 1.165) is 18.4 Å². The minimum Gasteiger partial charge on any atom is -0.387 e. The minimum absolute atomic E-state index is 0.0683. The molecule has 3 aromatic rings. The molecule has 206 valence electrons. The molecule has 1 aliphatic carbocycles. The SMILES string of the molecule is CN(C)C(=O)NCC1CC(Nc2cc(-c3ccc4cc(C#N)cnn34)ncc2C(=O)NC[C@@H](F)C(C)(C)O)C1. The normalized spacial score (nSPS) is 17.6. The van der Waals surface area contributed by atoms with Crippen LogP contribution in [-0.2, 0) is 0 Å². The fraction of sp³-hybridized carbons (Fsp3) is 0.444. The third kappa shape index (κ3) is 6.43. The molecule has 1 saturated carbocycles. The molecule has 4 rings (SSSR count). The zero-order chi connectivity index (χ0) is 28.3. The van der Waals surface area contributed by atoms with Crippen molar-refractivity contribution in [3.8, 4) is 17.5 Å². The molecule has 0 aromatic carbocycles. The van der Waals surface area contributed by atoms with E-state index in [-0.39, 0.29) is 24.2 Å². The predicted molar refractivity (Wildman–Crippen MR) is 144 cm³/mol. The van der Waals surface area contributed by atoms with Gasteiger partial charge in [0.05, 0.1) is 52.1 Å². The van der Waals surface area contributed by atoms with Gasteiger partial charge in [0, 0.05) is 32.9 Å². The fourth-order valence-electron chi connectivity index (χ4n) is 4.31. The lowest BCUT2D eigenvalue weighted by atomic mass is 9.80. The molecular weight excluding hydrogens is 503 g/mol. The van der Waals surface area contributed by atoms with Crippen molar-refractivity contribution < 1.29 is 19.1 Å². The van der Waals surface area contributed by atoms with Gasteiger partial charge in [-0.1, -0.05) is 0 Å². The summed E-state index contributed by atoms with van der Waals surface area (Å²) in [5, 5.41) is 32.2. The van der Waals surface area contributed by atoms with Crippen molar-refractivity contribution in [2.75, 3.05) is 32.5 Å². The minimum atomic E-state index is -1.65. The molecule has 11 nitrogen and oxygen atoms in total. The lowest BCUT2D eigenvalue weighted by Gasteiger charge is -2.37. The van der Waals surface area contributed by atoms with Gasteiger partial charge < -0.3 is 26.0 Å². The van der Waals surface area contributed by atoms with Crippen molar-refractivity contribution in [2.24, 2.45) is 5.92 Å². The summed E-state index contributed by atoms with van der Waals surface area (Å²) in [7, 11) is 3.37. The average Bonchev–Trinajstić information content (AvgIpc) is 3.30. The van der Waals surface area contributed by atoms with E-state index in [4.69, 9.17) is 5.26 Å². The molecule has 39 heavy (non-hydrogen) atoms. The largest absolute Gasteiger partial charge is 0.387 e. The van der Waals surface area contributed by atoms with E-state index in [1.165, 1.54) is 31.1 Å². The molecule has 0 spiro atoms. The maximum absolute atomic E-state index is 14.3. The topological polar surface area (TPSA) is 148 Å². The van der Waals surface area contributed by atoms with Crippen LogP contribution in [0.5, 0.6) is 0 Å². The van der Waals surface area contributed by atoms with Gasteiger partial charge in [0.2, 0.25) is 0 Å². The Labute approximate surface area is 226 Å². The van der Waals surface area contributed by atoms with Crippen molar-refractivity contribution >= 4 is 23.1 Å². The maximum atomic E-state index is 14.3. The number of anilines is 1. The second-order valence-electron chi connectivity index (χ2n) is 10.6. The Hall–Kier alpha value is -4.24. The van der Waals surface area contributed by atoms with Crippen molar-refractivity contribution in [2.45, 2.75) is 44.5 Å². The zero-order valence-corrected chi connectivity index (χ0v) is 22.4. The number of carbonyl (C=O) groups excluding carboxylic acids is 2. The Morgan fingerprint density at radius 2 is 2.00 bits per heavy atom. The number of rotatable bonds is 9. The lowest BCUT2D eigenvalue weighted by molar-refractivity contribution is -0.00177. The summed E-state index contributed by atoms with van der Waals surface area (Å²) in [5.74, 6) is -0.216. The first-order chi connectivity index (χ1) is 18.5. The van der Waals surface area contributed by atoms with Crippen LogP contribution in [0.1, 0.15) is 42.6 Å². The van der Waals surface area contributed by atoms with Crippen molar-refractivity contribution in [3.63, 3.8) is 0 Å². The van der Waals surface area contributed by atoms with Crippen LogP contribution in [0.15, 0.2) is 36.7 Å². The van der Waals surface area contributed by atoms with E-state index < -0.39 is 17.7 Å². The first-order valence-electron chi connectivity index (χ1n) is 12.7. The number of nitrogens with zero attached hydrogens (tertiary/aromatic N) is 5. The number of hydrogen-bond donors (Lipinski definition) is 4. The second-order valence-corrected chi connectivity index (χ2v) is 10.6. The molecular formula is C27H33FN8O3. The van der Waals surface area contributed by atoms with Crippen molar-refractivity contribution in [1.29, 1.82) is 5.26 Å². The molecule has 3 heterocycles. The Kier molecular flexibility index (Phi) is 8.01. The summed E-state index contributed by atoms with van der Waals surface area (Å²) < 4.78 is 15.9. The maximum Gasteiger partial charge on any atom is 0.316 e. The second kappa shape index (κ2) is 11.2. The summed E-state index contributed by atoms with van der Waals surface area (Å²) in [6, 6.07) is 9.13. The van der Waals surface area contributed by atoms with Crippen LogP contribution in [0.4, 0.5) is 14.9 Å². The van der Waals surface area contributed by atoms with Crippen molar-refractivity contribution in [1.82, 2.24) is 30.1 Å². The van der Waals surface area contributed by atoms with E-state index in [9.17, 15) is 19.1 Å².